The second-order valence-electron chi connectivity index (χ2n) is 5.39. The Balaban J connectivity index is 2.13. The lowest BCUT2D eigenvalue weighted by molar-refractivity contribution is 0.301. The van der Waals surface area contributed by atoms with Gasteiger partial charge in [-0.3, -0.25) is 0 Å². The minimum Gasteiger partial charge on any atom is -0.315 e. The Bertz CT molecular complexity index is 358. The molecular formula is C12H25N3O2S. The van der Waals surface area contributed by atoms with Gasteiger partial charge in [-0.15, -0.1) is 0 Å². The highest BCUT2D eigenvalue weighted by Gasteiger charge is 2.43. The quantitative estimate of drug-likeness (QED) is 0.807. The van der Waals surface area contributed by atoms with Gasteiger partial charge in [0.05, 0.1) is 0 Å². The van der Waals surface area contributed by atoms with Gasteiger partial charge in [-0.2, -0.15) is 17.0 Å². The number of hydrogen-bond acceptors (Lipinski definition) is 3. The SMILES string of the molecule is CCCCN(C)S(=O)(=O)N1C2CCNCC1CC2. The Kier molecular flexibility index (Phi) is 4.64. The Labute approximate surface area is 111 Å². The van der Waals surface area contributed by atoms with Gasteiger partial charge in [-0.25, -0.2) is 0 Å². The van der Waals surface area contributed by atoms with Crippen LogP contribution < -0.4 is 5.32 Å². The monoisotopic (exact) mass is 275 g/mol. The molecular weight excluding hydrogens is 250 g/mol. The molecule has 0 saturated carbocycles. The molecule has 2 atom stereocenters. The highest BCUT2D eigenvalue weighted by atomic mass is 32.2. The number of fused-ring (bicyclic) bond motifs is 2. The molecule has 2 heterocycles. The van der Waals surface area contributed by atoms with Crippen LogP contribution in [0.2, 0.25) is 0 Å². The van der Waals surface area contributed by atoms with Crippen molar-refractivity contribution in [2.45, 2.75) is 51.1 Å². The Morgan fingerprint density at radius 2 is 2.00 bits per heavy atom. The second kappa shape index (κ2) is 5.86. The Hall–Kier alpha value is -0.170. The maximum Gasteiger partial charge on any atom is 0.282 e. The molecule has 0 aliphatic carbocycles. The van der Waals surface area contributed by atoms with Gasteiger partial charge in [0, 0.05) is 32.2 Å². The van der Waals surface area contributed by atoms with Crippen molar-refractivity contribution in [2.24, 2.45) is 0 Å². The summed E-state index contributed by atoms with van der Waals surface area (Å²) in [7, 11) is -1.56. The smallest absolute Gasteiger partial charge is 0.282 e. The normalized spacial score (nSPS) is 29.7. The third-order valence-corrected chi connectivity index (χ3v) is 6.17. The van der Waals surface area contributed by atoms with Crippen LogP contribution in [0.4, 0.5) is 0 Å². The van der Waals surface area contributed by atoms with Crippen molar-refractivity contribution in [3.05, 3.63) is 0 Å². The number of nitrogens with one attached hydrogen (secondary N) is 1. The molecule has 0 amide bonds. The minimum absolute atomic E-state index is 0.159. The molecule has 106 valence electrons. The van der Waals surface area contributed by atoms with Crippen molar-refractivity contribution in [3.8, 4) is 0 Å². The number of unbranched alkanes of at least 4 members (excludes halogenated alkanes) is 1. The van der Waals surface area contributed by atoms with Crippen LogP contribution in [0.1, 0.15) is 39.0 Å². The van der Waals surface area contributed by atoms with E-state index in [9.17, 15) is 8.42 Å². The van der Waals surface area contributed by atoms with E-state index < -0.39 is 10.2 Å². The van der Waals surface area contributed by atoms with Crippen LogP contribution in [0.3, 0.4) is 0 Å². The van der Waals surface area contributed by atoms with Crippen LogP contribution in [-0.2, 0) is 10.2 Å². The van der Waals surface area contributed by atoms with Gasteiger partial charge >= 0.3 is 0 Å². The molecule has 2 aliphatic heterocycles. The highest BCUT2D eigenvalue weighted by molar-refractivity contribution is 7.86. The van der Waals surface area contributed by atoms with E-state index in [-0.39, 0.29) is 12.1 Å². The fourth-order valence-corrected chi connectivity index (χ4v) is 4.80. The van der Waals surface area contributed by atoms with Crippen molar-refractivity contribution in [1.29, 1.82) is 0 Å². The first-order valence-electron chi connectivity index (χ1n) is 7.03. The molecule has 0 radical (unpaired) electrons. The summed E-state index contributed by atoms with van der Waals surface area (Å²) in [6.45, 7) is 4.45. The van der Waals surface area contributed by atoms with Gasteiger partial charge < -0.3 is 5.32 Å². The van der Waals surface area contributed by atoms with Crippen LogP contribution in [0.15, 0.2) is 0 Å². The number of rotatable bonds is 5. The van der Waals surface area contributed by atoms with Crippen LogP contribution in [0.5, 0.6) is 0 Å². The zero-order valence-corrected chi connectivity index (χ0v) is 12.2. The fraction of sp³-hybridized carbons (Fsp3) is 1.00. The summed E-state index contributed by atoms with van der Waals surface area (Å²) in [5.41, 5.74) is 0. The summed E-state index contributed by atoms with van der Waals surface area (Å²) in [5, 5.41) is 3.34. The molecule has 6 heteroatoms. The molecule has 2 rings (SSSR count). The zero-order chi connectivity index (χ0) is 13.2. The van der Waals surface area contributed by atoms with E-state index in [1.54, 1.807) is 11.4 Å². The Morgan fingerprint density at radius 1 is 1.28 bits per heavy atom. The second-order valence-corrected chi connectivity index (χ2v) is 7.33. The summed E-state index contributed by atoms with van der Waals surface area (Å²) in [4.78, 5) is 0. The lowest BCUT2D eigenvalue weighted by Crippen LogP contribution is -2.49. The van der Waals surface area contributed by atoms with Gasteiger partial charge in [0.1, 0.15) is 0 Å². The molecule has 1 N–H and O–H groups in total. The van der Waals surface area contributed by atoms with E-state index in [1.807, 2.05) is 0 Å². The summed E-state index contributed by atoms with van der Waals surface area (Å²) in [6.07, 6.45) is 4.91. The average Bonchev–Trinajstić information content (AvgIpc) is 2.60. The van der Waals surface area contributed by atoms with Crippen molar-refractivity contribution in [3.63, 3.8) is 0 Å². The first kappa shape index (κ1) is 14.2. The highest BCUT2D eigenvalue weighted by Crippen LogP contribution is 2.31. The number of hydrogen-bond donors (Lipinski definition) is 1. The van der Waals surface area contributed by atoms with Gasteiger partial charge in [0.2, 0.25) is 0 Å². The standard InChI is InChI=1S/C12H25N3O2S/c1-3-4-9-14(2)18(16,17)15-11-5-6-12(15)10-13-8-7-11/h11-13H,3-10H2,1-2H3. The third-order valence-electron chi connectivity index (χ3n) is 4.07. The molecule has 2 fully saturated rings. The predicted octanol–water partition coefficient (Wildman–Crippen LogP) is 0.789. The summed E-state index contributed by atoms with van der Waals surface area (Å²) >= 11 is 0. The molecule has 0 aromatic carbocycles. The van der Waals surface area contributed by atoms with Crippen molar-refractivity contribution >= 4 is 10.2 Å². The van der Waals surface area contributed by atoms with Crippen LogP contribution >= 0.6 is 0 Å². The van der Waals surface area contributed by atoms with Crippen molar-refractivity contribution in [1.82, 2.24) is 13.9 Å². The van der Waals surface area contributed by atoms with Gasteiger partial charge in [-0.1, -0.05) is 13.3 Å². The molecule has 2 bridgehead atoms. The molecule has 2 aliphatic rings. The largest absolute Gasteiger partial charge is 0.315 e. The topological polar surface area (TPSA) is 52.7 Å². The maximum atomic E-state index is 12.6. The molecule has 2 saturated heterocycles. The van der Waals surface area contributed by atoms with Gasteiger partial charge in [0.15, 0.2) is 0 Å². The molecule has 0 spiro atoms. The van der Waals surface area contributed by atoms with Crippen molar-refractivity contribution < 1.29 is 8.42 Å². The number of nitrogens with zero attached hydrogens (tertiary/aromatic N) is 2. The van der Waals surface area contributed by atoms with E-state index in [2.05, 4.69) is 12.2 Å². The molecule has 18 heavy (non-hydrogen) atoms. The fourth-order valence-electron chi connectivity index (χ4n) is 2.97. The summed E-state index contributed by atoms with van der Waals surface area (Å²) in [5.74, 6) is 0. The maximum absolute atomic E-state index is 12.6. The lowest BCUT2D eigenvalue weighted by Gasteiger charge is -2.31. The molecule has 0 aromatic heterocycles. The predicted molar refractivity (Wildman–Crippen MR) is 72.6 cm³/mol. The summed E-state index contributed by atoms with van der Waals surface area (Å²) < 4.78 is 28.6. The van der Waals surface area contributed by atoms with E-state index in [1.165, 1.54) is 4.31 Å². The molecule has 5 nitrogen and oxygen atoms in total. The molecule has 0 aromatic rings. The molecule has 2 unspecified atom stereocenters. The lowest BCUT2D eigenvalue weighted by atomic mass is 10.1. The van der Waals surface area contributed by atoms with Gasteiger partial charge in [0.25, 0.3) is 10.2 Å². The van der Waals surface area contributed by atoms with Crippen LogP contribution in [0.25, 0.3) is 0 Å². The minimum atomic E-state index is -3.27. The first-order chi connectivity index (χ1) is 8.57. The van der Waals surface area contributed by atoms with E-state index in [4.69, 9.17) is 0 Å². The zero-order valence-electron chi connectivity index (χ0n) is 11.4. The van der Waals surface area contributed by atoms with Crippen molar-refractivity contribution in [2.75, 3.05) is 26.7 Å². The first-order valence-corrected chi connectivity index (χ1v) is 8.42. The van der Waals surface area contributed by atoms with Crippen LogP contribution in [0, 0.1) is 0 Å². The van der Waals surface area contributed by atoms with E-state index in [0.29, 0.717) is 6.54 Å². The average molecular weight is 275 g/mol. The third kappa shape index (κ3) is 2.71. The van der Waals surface area contributed by atoms with Gasteiger partial charge in [-0.05, 0) is 32.2 Å². The van der Waals surface area contributed by atoms with E-state index in [0.717, 1.165) is 45.2 Å². The summed E-state index contributed by atoms with van der Waals surface area (Å²) in [6, 6.07) is 0.366. The van der Waals surface area contributed by atoms with E-state index >= 15 is 0 Å². The Morgan fingerprint density at radius 3 is 2.72 bits per heavy atom. The van der Waals surface area contributed by atoms with Crippen LogP contribution in [-0.4, -0.2) is 55.8 Å².